The van der Waals surface area contributed by atoms with Crippen molar-refractivity contribution in [1.82, 2.24) is 10.6 Å². The lowest BCUT2D eigenvalue weighted by atomic mass is 10.2. The number of carbonyl (C=O) groups excluding carboxylic acids is 1. The van der Waals surface area contributed by atoms with E-state index in [0.29, 0.717) is 18.0 Å². The molecule has 1 aromatic carbocycles. The molecule has 26 heavy (non-hydrogen) atoms. The van der Waals surface area contributed by atoms with Gasteiger partial charge in [-0.05, 0) is 44.0 Å². The number of esters is 1. The van der Waals surface area contributed by atoms with Gasteiger partial charge in [-0.2, -0.15) is 0 Å². The van der Waals surface area contributed by atoms with Crippen LogP contribution in [0.3, 0.4) is 0 Å². The molecular weight excluding hydrogens is 469 g/mol. The third-order valence-corrected chi connectivity index (χ3v) is 3.76. The Morgan fingerprint density at radius 3 is 2.50 bits per heavy atom. The van der Waals surface area contributed by atoms with Gasteiger partial charge in [-0.3, -0.25) is 9.79 Å². The lowest BCUT2D eigenvalue weighted by Gasteiger charge is -2.17. The molecule has 0 amide bonds. The van der Waals surface area contributed by atoms with Gasteiger partial charge in [0.1, 0.15) is 11.9 Å². The maximum atomic E-state index is 11.0. The molecule has 0 aromatic heterocycles. The lowest BCUT2D eigenvalue weighted by Crippen LogP contribution is -2.42. The third-order valence-electron chi connectivity index (χ3n) is 3.51. The first-order valence-corrected chi connectivity index (χ1v) is 8.86. The number of hydrogen-bond donors (Lipinski definition) is 2. The number of nitrogens with zero attached hydrogens (tertiary/aromatic N) is 1. The number of ether oxygens (including phenoxy) is 2. The van der Waals surface area contributed by atoms with Crippen molar-refractivity contribution < 1.29 is 14.3 Å². The van der Waals surface area contributed by atoms with E-state index in [1.165, 1.54) is 7.11 Å². The van der Waals surface area contributed by atoms with Gasteiger partial charge < -0.3 is 20.1 Å². The van der Waals surface area contributed by atoms with Crippen LogP contribution in [0.5, 0.6) is 5.75 Å². The molecule has 0 spiro atoms. The van der Waals surface area contributed by atoms with E-state index in [2.05, 4.69) is 20.4 Å². The van der Waals surface area contributed by atoms with Gasteiger partial charge in [0.15, 0.2) is 5.96 Å². The number of unbranched alkanes of at least 4 members (excludes halogenated alkanes) is 2. The Morgan fingerprint density at radius 2 is 1.88 bits per heavy atom. The summed E-state index contributed by atoms with van der Waals surface area (Å²) in [5, 5.41) is 7.17. The Morgan fingerprint density at radius 1 is 1.19 bits per heavy atom. The molecule has 1 atom stereocenters. The van der Waals surface area contributed by atoms with E-state index in [9.17, 15) is 4.79 Å². The minimum Gasteiger partial charge on any atom is -0.489 e. The quantitative estimate of drug-likeness (QED) is 0.170. The molecule has 0 aliphatic heterocycles. The highest BCUT2D eigenvalue weighted by atomic mass is 127. The van der Waals surface area contributed by atoms with Crippen LogP contribution in [0, 0.1) is 0 Å². The molecule has 1 aromatic rings. The second-order valence-corrected chi connectivity index (χ2v) is 6.09. The van der Waals surface area contributed by atoms with Crippen molar-refractivity contribution in [3.63, 3.8) is 0 Å². The van der Waals surface area contributed by atoms with Gasteiger partial charge >= 0.3 is 5.97 Å². The predicted octanol–water partition coefficient (Wildman–Crippen LogP) is 3.62. The van der Waals surface area contributed by atoms with Crippen molar-refractivity contribution in [3.8, 4) is 5.75 Å². The van der Waals surface area contributed by atoms with Crippen LogP contribution in [0.4, 0.5) is 0 Å². The van der Waals surface area contributed by atoms with Gasteiger partial charge in [-0.1, -0.05) is 18.0 Å². The summed E-state index contributed by atoms with van der Waals surface area (Å²) in [5.41, 5.74) is 0. The van der Waals surface area contributed by atoms with Gasteiger partial charge in [0.25, 0.3) is 0 Å². The summed E-state index contributed by atoms with van der Waals surface area (Å²) >= 11 is 5.86. The Kier molecular flexibility index (Phi) is 14.2. The first-order valence-electron chi connectivity index (χ1n) is 8.48. The zero-order valence-electron chi connectivity index (χ0n) is 15.6. The van der Waals surface area contributed by atoms with Gasteiger partial charge in [0.2, 0.25) is 0 Å². The fraction of sp³-hybridized carbons (Fsp3) is 0.556. The van der Waals surface area contributed by atoms with Crippen molar-refractivity contribution in [2.24, 2.45) is 4.99 Å². The number of guanidine groups is 1. The molecule has 0 saturated heterocycles. The molecule has 1 rings (SSSR count). The molecular formula is C18H29ClIN3O3. The Balaban J connectivity index is 0.00000625. The lowest BCUT2D eigenvalue weighted by molar-refractivity contribution is -0.140. The highest BCUT2D eigenvalue weighted by Gasteiger charge is 2.06. The fourth-order valence-corrected chi connectivity index (χ4v) is 2.25. The summed E-state index contributed by atoms with van der Waals surface area (Å²) in [4.78, 5) is 15.2. The summed E-state index contributed by atoms with van der Waals surface area (Å²) < 4.78 is 10.4. The molecule has 8 heteroatoms. The summed E-state index contributed by atoms with van der Waals surface area (Å²) in [5.74, 6) is 1.37. The van der Waals surface area contributed by atoms with Gasteiger partial charge in [-0.15, -0.1) is 24.0 Å². The van der Waals surface area contributed by atoms with E-state index in [-0.39, 0.29) is 36.0 Å². The highest BCUT2D eigenvalue weighted by molar-refractivity contribution is 14.0. The summed E-state index contributed by atoms with van der Waals surface area (Å²) in [6, 6.07) is 7.30. The summed E-state index contributed by atoms with van der Waals surface area (Å²) in [6.45, 7) is 3.42. The SMILES string of the molecule is CN=C(NCCCCCC(=O)OC)NCC(C)Oc1ccc(Cl)cc1.I. The van der Waals surface area contributed by atoms with Crippen LogP contribution < -0.4 is 15.4 Å². The number of methoxy groups -OCH3 is 1. The van der Waals surface area contributed by atoms with Crippen molar-refractivity contribution >= 4 is 47.5 Å². The number of aliphatic imine (C=N–C) groups is 1. The first-order chi connectivity index (χ1) is 12.0. The molecule has 0 radical (unpaired) electrons. The molecule has 6 nitrogen and oxygen atoms in total. The number of nitrogens with one attached hydrogen (secondary N) is 2. The van der Waals surface area contributed by atoms with E-state index in [4.69, 9.17) is 16.3 Å². The van der Waals surface area contributed by atoms with Crippen LogP contribution >= 0.6 is 35.6 Å². The molecule has 148 valence electrons. The Hall–Kier alpha value is -1.22. The number of rotatable bonds is 10. The topological polar surface area (TPSA) is 72.0 Å². The molecule has 1 unspecified atom stereocenters. The van der Waals surface area contributed by atoms with Crippen molar-refractivity contribution in [2.45, 2.75) is 38.7 Å². The van der Waals surface area contributed by atoms with Crippen molar-refractivity contribution in [2.75, 3.05) is 27.2 Å². The predicted molar refractivity (Wildman–Crippen MR) is 117 cm³/mol. The van der Waals surface area contributed by atoms with E-state index in [1.807, 2.05) is 19.1 Å². The minimum atomic E-state index is -0.153. The molecule has 2 N–H and O–H groups in total. The third kappa shape index (κ3) is 11.4. The van der Waals surface area contributed by atoms with Crippen molar-refractivity contribution in [3.05, 3.63) is 29.3 Å². The summed E-state index contributed by atoms with van der Waals surface area (Å²) in [6.07, 6.45) is 3.23. The van der Waals surface area contributed by atoms with Crippen LogP contribution in [-0.4, -0.2) is 45.3 Å². The van der Waals surface area contributed by atoms with Crippen LogP contribution in [-0.2, 0) is 9.53 Å². The maximum Gasteiger partial charge on any atom is 0.305 e. The number of halogens is 2. The monoisotopic (exact) mass is 497 g/mol. The average Bonchev–Trinajstić information content (AvgIpc) is 2.62. The van der Waals surface area contributed by atoms with Gasteiger partial charge in [0, 0.05) is 25.0 Å². The number of carbonyl (C=O) groups is 1. The Bertz CT molecular complexity index is 541. The fourth-order valence-electron chi connectivity index (χ4n) is 2.13. The van der Waals surface area contributed by atoms with E-state index >= 15 is 0 Å². The highest BCUT2D eigenvalue weighted by Crippen LogP contribution is 2.16. The largest absolute Gasteiger partial charge is 0.489 e. The molecule has 0 bridgehead atoms. The standard InChI is InChI=1S/C18H28ClN3O3.HI/c1-14(25-16-10-8-15(19)9-11-16)13-22-18(20-2)21-12-6-4-5-7-17(23)24-3;/h8-11,14H,4-7,12-13H2,1-3H3,(H2,20,21,22);1H. The van der Waals surface area contributed by atoms with Gasteiger partial charge in [0.05, 0.1) is 13.7 Å². The minimum absolute atomic E-state index is 0. The van der Waals surface area contributed by atoms with Crippen LogP contribution in [0.15, 0.2) is 29.3 Å². The smallest absolute Gasteiger partial charge is 0.305 e. The zero-order valence-corrected chi connectivity index (χ0v) is 18.7. The second kappa shape index (κ2) is 14.9. The van der Waals surface area contributed by atoms with E-state index in [0.717, 1.165) is 37.5 Å². The average molecular weight is 498 g/mol. The summed E-state index contributed by atoms with van der Waals surface area (Å²) in [7, 11) is 3.15. The molecule has 0 saturated carbocycles. The molecule has 0 fully saturated rings. The number of hydrogen-bond acceptors (Lipinski definition) is 4. The van der Waals surface area contributed by atoms with E-state index in [1.54, 1.807) is 19.2 Å². The van der Waals surface area contributed by atoms with Crippen LogP contribution in [0.25, 0.3) is 0 Å². The van der Waals surface area contributed by atoms with Crippen molar-refractivity contribution in [1.29, 1.82) is 0 Å². The zero-order chi connectivity index (χ0) is 18.5. The second-order valence-electron chi connectivity index (χ2n) is 5.65. The molecule has 0 aliphatic rings. The molecule has 0 aliphatic carbocycles. The number of benzene rings is 1. The van der Waals surface area contributed by atoms with Crippen LogP contribution in [0.2, 0.25) is 5.02 Å². The Labute approximate surface area is 178 Å². The normalized spacial score (nSPS) is 11.9. The van der Waals surface area contributed by atoms with Crippen LogP contribution in [0.1, 0.15) is 32.6 Å². The maximum absolute atomic E-state index is 11.0. The van der Waals surface area contributed by atoms with E-state index < -0.39 is 0 Å². The van der Waals surface area contributed by atoms with Gasteiger partial charge in [-0.25, -0.2) is 0 Å². The first kappa shape index (κ1) is 24.8. The molecule has 0 heterocycles.